The fourth-order valence-electron chi connectivity index (χ4n) is 3.26. The van der Waals surface area contributed by atoms with Crippen LogP contribution in [-0.2, 0) is 9.59 Å². The van der Waals surface area contributed by atoms with Crippen LogP contribution in [0.5, 0.6) is 5.75 Å². The van der Waals surface area contributed by atoms with E-state index in [1.807, 2.05) is 6.07 Å². The molecule has 0 saturated carbocycles. The number of benzene rings is 2. The Labute approximate surface area is 168 Å². The number of carbonyl (C=O) groups excluding carboxylic acids is 3. The number of ether oxygens (including phenoxy) is 1. The zero-order valence-electron chi connectivity index (χ0n) is 15.9. The predicted octanol–water partition coefficient (Wildman–Crippen LogP) is 2.22. The highest BCUT2D eigenvalue weighted by Crippen LogP contribution is 2.30. The van der Waals surface area contributed by atoms with E-state index in [0.29, 0.717) is 29.1 Å². The molecule has 2 aromatic carbocycles. The first kappa shape index (κ1) is 20.1. The highest BCUT2D eigenvalue weighted by atomic mass is 16.5. The molecule has 0 bridgehead atoms. The van der Waals surface area contributed by atoms with E-state index < -0.39 is 23.7 Å². The first-order valence-corrected chi connectivity index (χ1v) is 9.20. The second-order valence-corrected chi connectivity index (χ2v) is 6.70. The van der Waals surface area contributed by atoms with Crippen LogP contribution >= 0.6 is 0 Å². The molecule has 29 heavy (non-hydrogen) atoms. The Hall–Kier alpha value is -3.61. The Morgan fingerprint density at radius 1 is 0.966 bits per heavy atom. The Morgan fingerprint density at radius 3 is 2.31 bits per heavy atom. The van der Waals surface area contributed by atoms with Crippen molar-refractivity contribution in [1.82, 2.24) is 0 Å². The molecular weight excluding hydrogens is 372 g/mol. The molecule has 7 nitrogen and oxygen atoms in total. The van der Waals surface area contributed by atoms with Crippen molar-refractivity contribution in [3.05, 3.63) is 66.2 Å². The third-order valence-corrected chi connectivity index (χ3v) is 4.83. The summed E-state index contributed by atoms with van der Waals surface area (Å²) in [6.45, 7) is 0. The van der Waals surface area contributed by atoms with Gasteiger partial charge in [-0.25, -0.2) is 0 Å². The van der Waals surface area contributed by atoms with Crippen molar-refractivity contribution in [2.24, 2.45) is 11.8 Å². The number of allylic oxidation sites excluding steroid dienone is 2. The molecule has 3 rings (SSSR count). The van der Waals surface area contributed by atoms with Gasteiger partial charge in [0.2, 0.25) is 5.91 Å². The second-order valence-electron chi connectivity index (χ2n) is 6.70. The van der Waals surface area contributed by atoms with E-state index >= 15 is 0 Å². The molecule has 2 atom stereocenters. The topological polar surface area (TPSA) is 108 Å². The van der Waals surface area contributed by atoms with Crippen molar-refractivity contribution in [1.29, 1.82) is 0 Å². The summed E-state index contributed by atoms with van der Waals surface area (Å²) in [5.74, 6) is -3.10. The van der Waals surface area contributed by atoms with Gasteiger partial charge in [-0.15, -0.1) is 0 Å². The van der Waals surface area contributed by atoms with Crippen molar-refractivity contribution in [3.63, 3.8) is 0 Å². The number of amides is 2. The smallest absolute Gasteiger partial charge is 0.255 e. The van der Waals surface area contributed by atoms with Gasteiger partial charge in [0, 0.05) is 29.2 Å². The van der Waals surface area contributed by atoms with Gasteiger partial charge >= 0.3 is 0 Å². The van der Waals surface area contributed by atoms with Crippen LogP contribution < -0.4 is 20.5 Å². The summed E-state index contributed by atoms with van der Waals surface area (Å²) >= 11 is 0. The normalized spacial score (nSPS) is 18.0. The standard InChI is InChI=1S/C22H22N2O5/c1-29-19-13-15(23-21(26)16-9-5-6-10-17(16)22(27)28)11-12-18(19)24-20(25)14-7-3-2-4-8-14/h2-8,11-13,16-17H,9-10H2,1H3,(H,23,26)(H,24,25)(H,27,28)/p-1/t16-,17-/m1/s1. The largest absolute Gasteiger partial charge is 0.550 e. The van der Waals surface area contributed by atoms with Crippen molar-refractivity contribution in [2.75, 3.05) is 17.7 Å². The summed E-state index contributed by atoms with van der Waals surface area (Å²) < 4.78 is 5.33. The second kappa shape index (κ2) is 9.05. The van der Waals surface area contributed by atoms with Crippen molar-refractivity contribution < 1.29 is 24.2 Å². The van der Waals surface area contributed by atoms with Crippen LogP contribution in [0.2, 0.25) is 0 Å². The number of anilines is 2. The van der Waals surface area contributed by atoms with Crippen LogP contribution in [0.25, 0.3) is 0 Å². The van der Waals surface area contributed by atoms with Gasteiger partial charge in [-0.2, -0.15) is 0 Å². The lowest BCUT2D eigenvalue weighted by atomic mass is 9.82. The maximum Gasteiger partial charge on any atom is 0.255 e. The number of carboxylic acid groups (broad SMARTS) is 1. The van der Waals surface area contributed by atoms with E-state index in [1.165, 1.54) is 7.11 Å². The fourth-order valence-corrected chi connectivity index (χ4v) is 3.26. The Kier molecular flexibility index (Phi) is 6.29. The molecule has 0 unspecified atom stereocenters. The molecule has 0 heterocycles. The molecule has 0 aromatic heterocycles. The molecule has 0 saturated heterocycles. The number of nitrogens with one attached hydrogen (secondary N) is 2. The van der Waals surface area contributed by atoms with Crippen LogP contribution in [0, 0.1) is 11.8 Å². The van der Waals surface area contributed by atoms with Gasteiger partial charge < -0.3 is 25.3 Å². The minimum Gasteiger partial charge on any atom is -0.550 e. The summed E-state index contributed by atoms with van der Waals surface area (Å²) in [6, 6.07) is 13.6. The minimum atomic E-state index is -1.23. The summed E-state index contributed by atoms with van der Waals surface area (Å²) in [6.07, 6.45) is 4.16. The molecule has 2 amide bonds. The number of aliphatic carboxylic acids is 1. The fraction of sp³-hybridized carbons (Fsp3) is 0.227. The molecule has 2 aromatic rings. The summed E-state index contributed by atoms with van der Waals surface area (Å²) in [4.78, 5) is 36.2. The van der Waals surface area contributed by atoms with Gasteiger partial charge in [0.25, 0.3) is 5.91 Å². The maximum absolute atomic E-state index is 12.6. The van der Waals surface area contributed by atoms with Crippen molar-refractivity contribution in [2.45, 2.75) is 12.8 Å². The predicted molar refractivity (Wildman–Crippen MR) is 106 cm³/mol. The van der Waals surface area contributed by atoms with E-state index in [4.69, 9.17) is 4.74 Å². The first-order chi connectivity index (χ1) is 14.0. The molecule has 1 aliphatic rings. The van der Waals surface area contributed by atoms with Gasteiger partial charge in [-0.1, -0.05) is 30.4 Å². The van der Waals surface area contributed by atoms with E-state index in [0.717, 1.165) is 0 Å². The maximum atomic E-state index is 12.6. The van der Waals surface area contributed by atoms with E-state index in [1.54, 1.807) is 54.6 Å². The number of hydrogen-bond acceptors (Lipinski definition) is 5. The Morgan fingerprint density at radius 2 is 1.66 bits per heavy atom. The molecule has 7 heteroatoms. The third-order valence-electron chi connectivity index (χ3n) is 4.83. The summed E-state index contributed by atoms with van der Waals surface area (Å²) in [5, 5.41) is 16.8. The molecule has 1 aliphatic carbocycles. The quantitative estimate of drug-likeness (QED) is 0.732. The van der Waals surface area contributed by atoms with Crippen molar-refractivity contribution in [3.8, 4) is 5.75 Å². The number of hydrogen-bond donors (Lipinski definition) is 2. The number of carbonyl (C=O) groups is 3. The summed E-state index contributed by atoms with van der Waals surface area (Å²) in [5.41, 5.74) is 1.40. The molecule has 150 valence electrons. The molecule has 0 spiro atoms. The summed E-state index contributed by atoms with van der Waals surface area (Å²) in [7, 11) is 1.46. The van der Waals surface area contributed by atoms with Crippen molar-refractivity contribution >= 4 is 29.2 Å². The van der Waals surface area contributed by atoms with Gasteiger partial charge in [0.1, 0.15) is 5.75 Å². The molecule has 0 aliphatic heterocycles. The van der Waals surface area contributed by atoms with Gasteiger partial charge in [-0.05, 0) is 37.1 Å². The van der Waals surface area contributed by atoms with E-state index in [2.05, 4.69) is 10.6 Å². The molecule has 0 fully saturated rings. The van der Waals surface area contributed by atoms with Crippen LogP contribution in [0.1, 0.15) is 23.2 Å². The average Bonchev–Trinajstić information content (AvgIpc) is 2.75. The lowest BCUT2D eigenvalue weighted by Gasteiger charge is -2.28. The lowest BCUT2D eigenvalue weighted by Crippen LogP contribution is -2.41. The zero-order chi connectivity index (χ0) is 20.8. The Bertz CT molecular complexity index is 939. The van der Waals surface area contributed by atoms with Crippen LogP contribution in [-0.4, -0.2) is 24.9 Å². The minimum absolute atomic E-state index is 0.272. The zero-order valence-corrected chi connectivity index (χ0v) is 15.9. The van der Waals surface area contributed by atoms with E-state index in [-0.39, 0.29) is 12.3 Å². The SMILES string of the molecule is COc1cc(NC(=O)[C@@H]2CC=CC[C@H]2C(=O)[O-])ccc1NC(=O)c1ccccc1. The van der Waals surface area contributed by atoms with Crippen LogP contribution in [0.3, 0.4) is 0 Å². The lowest BCUT2D eigenvalue weighted by molar-refractivity contribution is -0.313. The number of rotatable bonds is 6. The monoisotopic (exact) mass is 393 g/mol. The highest BCUT2D eigenvalue weighted by Gasteiger charge is 2.30. The Balaban J connectivity index is 1.73. The van der Waals surface area contributed by atoms with Gasteiger partial charge in [0.15, 0.2) is 0 Å². The van der Waals surface area contributed by atoms with E-state index in [9.17, 15) is 19.5 Å². The third kappa shape index (κ3) is 4.82. The van der Waals surface area contributed by atoms with Crippen LogP contribution in [0.4, 0.5) is 11.4 Å². The first-order valence-electron chi connectivity index (χ1n) is 9.20. The van der Waals surface area contributed by atoms with Crippen LogP contribution in [0.15, 0.2) is 60.7 Å². The average molecular weight is 393 g/mol. The highest BCUT2D eigenvalue weighted by molar-refractivity contribution is 6.05. The van der Waals surface area contributed by atoms with Gasteiger partial charge in [0.05, 0.1) is 18.7 Å². The molecule has 0 radical (unpaired) electrons. The molecular formula is C22H21N2O5-. The number of carboxylic acids is 1. The molecule has 2 N–H and O–H groups in total. The number of methoxy groups -OCH3 is 1. The van der Waals surface area contributed by atoms with Gasteiger partial charge in [-0.3, -0.25) is 9.59 Å².